The summed E-state index contributed by atoms with van der Waals surface area (Å²) in [5.41, 5.74) is 9.04. The molecule has 4 nitrogen and oxygen atoms in total. The van der Waals surface area contributed by atoms with E-state index in [4.69, 9.17) is 9.31 Å². The summed E-state index contributed by atoms with van der Waals surface area (Å²) in [6.07, 6.45) is 3.84. The fourth-order valence-corrected chi connectivity index (χ4v) is 5.60. The highest BCUT2D eigenvalue weighted by atomic mass is 79.9. The molecule has 0 bridgehead atoms. The van der Waals surface area contributed by atoms with E-state index in [1.807, 2.05) is 73.1 Å². The van der Waals surface area contributed by atoms with Crippen LogP contribution in [0.25, 0.3) is 44.8 Å². The highest BCUT2D eigenvalue weighted by Crippen LogP contribution is 2.36. The van der Waals surface area contributed by atoms with Crippen LogP contribution in [0.3, 0.4) is 0 Å². The smallest absolute Gasteiger partial charge is 0.399 e. The van der Waals surface area contributed by atoms with E-state index >= 15 is 0 Å². The van der Waals surface area contributed by atoms with Gasteiger partial charge in [-0.3, -0.25) is 9.97 Å². The monoisotopic (exact) mass is 666 g/mol. The van der Waals surface area contributed by atoms with E-state index in [0.29, 0.717) is 0 Å². The third-order valence-electron chi connectivity index (χ3n) is 8.57. The maximum absolute atomic E-state index is 6.18. The molecule has 7 rings (SSSR count). The predicted molar refractivity (Wildman–Crippen MR) is 194 cm³/mol. The Morgan fingerprint density at radius 3 is 1.39 bits per heavy atom. The Morgan fingerprint density at radius 1 is 0.478 bits per heavy atom. The molecule has 1 saturated heterocycles. The minimum Gasteiger partial charge on any atom is -0.399 e. The minimum atomic E-state index is -0.362. The molecule has 1 aliphatic rings. The molecule has 46 heavy (non-hydrogen) atoms. The summed E-state index contributed by atoms with van der Waals surface area (Å²) in [5.74, 6) is 0. The van der Waals surface area contributed by atoms with Gasteiger partial charge in [0.25, 0.3) is 0 Å². The Morgan fingerprint density at radius 2 is 0.935 bits per heavy atom. The molecule has 0 atom stereocenters. The van der Waals surface area contributed by atoms with Crippen molar-refractivity contribution >= 4 is 28.5 Å². The van der Waals surface area contributed by atoms with Crippen molar-refractivity contribution in [2.24, 2.45) is 0 Å². The number of rotatable bonds is 5. The topological polar surface area (TPSA) is 44.2 Å². The summed E-state index contributed by atoms with van der Waals surface area (Å²) < 4.78 is 13.4. The van der Waals surface area contributed by atoms with Crippen LogP contribution in [0.2, 0.25) is 0 Å². The van der Waals surface area contributed by atoms with Crippen LogP contribution >= 0.6 is 15.9 Å². The van der Waals surface area contributed by atoms with Crippen molar-refractivity contribution in [3.8, 4) is 44.8 Å². The summed E-state index contributed by atoms with van der Waals surface area (Å²) >= 11 is 3.48. The average molecular weight is 667 g/mol. The third kappa shape index (κ3) is 7.21. The molecule has 2 aromatic heterocycles. The Labute approximate surface area is 280 Å². The summed E-state index contributed by atoms with van der Waals surface area (Å²) in [6.45, 7) is 8.28. The van der Waals surface area contributed by atoms with Crippen LogP contribution in [0.4, 0.5) is 0 Å². The van der Waals surface area contributed by atoms with Crippen molar-refractivity contribution in [2.75, 3.05) is 0 Å². The number of hydrogen-bond acceptors (Lipinski definition) is 4. The second-order valence-corrected chi connectivity index (χ2v) is 13.2. The third-order valence-corrected chi connectivity index (χ3v) is 9.06. The molecule has 6 heteroatoms. The molecule has 4 aromatic carbocycles. The molecule has 228 valence electrons. The molecule has 1 fully saturated rings. The van der Waals surface area contributed by atoms with Crippen molar-refractivity contribution in [2.45, 2.75) is 38.9 Å². The van der Waals surface area contributed by atoms with Gasteiger partial charge >= 0.3 is 7.12 Å². The molecule has 0 amide bonds. The lowest BCUT2D eigenvalue weighted by Crippen LogP contribution is -2.41. The summed E-state index contributed by atoms with van der Waals surface area (Å²) in [5, 5.41) is 0. The first kappa shape index (κ1) is 31.6. The minimum absolute atomic E-state index is 0.344. The Hall–Kier alpha value is -4.36. The molecule has 0 spiro atoms. The highest BCUT2D eigenvalue weighted by Gasteiger charge is 2.51. The van der Waals surface area contributed by atoms with E-state index in [2.05, 4.69) is 126 Å². The highest BCUT2D eigenvalue weighted by molar-refractivity contribution is 9.10. The molecule has 0 aliphatic carbocycles. The number of pyridine rings is 2. The molecule has 0 radical (unpaired) electrons. The van der Waals surface area contributed by atoms with E-state index < -0.39 is 0 Å². The SMILES string of the molecule is Brc1cccc(-c2ccc(-c3ccccc3)cn2)c1.CC1(C)OB(c2cccc(-c3ccc(-c4ccccc4)cn3)c2)OC1(C)C. The second kappa shape index (κ2) is 13.6. The molecule has 3 heterocycles. The molecule has 0 N–H and O–H groups in total. The molecular weight excluding hydrogens is 631 g/mol. The first-order valence-corrected chi connectivity index (χ1v) is 16.2. The lowest BCUT2D eigenvalue weighted by molar-refractivity contribution is 0.00578. The standard InChI is InChI=1S/C23H24BNO2.C17H12BrN/c1-22(2)23(3,4)27-24(26-22)20-12-8-11-18(15-20)21-14-13-19(16-25-21)17-9-6-5-7-10-17;18-16-8-4-7-14(11-16)17-10-9-15(12-19-17)13-5-2-1-3-6-13/h5-16H,1-4H3;1-12H. The number of halogens is 1. The normalized spacial score (nSPS) is 14.8. The summed E-state index contributed by atoms with van der Waals surface area (Å²) in [6, 6.07) is 45.3. The van der Waals surface area contributed by atoms with Gasteiger partial charge in [0.1, 0.15) is 0 Å². The van der Waals surface area contributed by atoms with Gasteiger partial charge in [0.2, 0.25) is 0 Å². The van der Waals surface area contributed by atoms with E-state index in [-0.39, 0.29) is 18.3 Å². The zero-order valence-electron chi connectivity index (χ0n) is 26.5. The first-order valence-electron chi connectivity index (χ1n) is 15.4. The number of aromatic nitrogens is 2. The van der Waals surface area contributed by atoms with Crippen molar-refractivity contribution in [3.05, 3.63) is 150 Å². The van der Waals surface area contributed by atoms with Gasteiger partial charge in [0, 0.05) is 33.6 Å². The lowest BCUT2D eigenvalue weighted by Gasteiger charge is -2.32. The van der Waals surface area contributed by atoms with E-state index in [9.17, 15) is 0 Å². The van der Waals surface area contributed by atoms with Gasteiger partial charge in [-0.1, -0.05) is 125 Å². The van der Waals surface area contributed by atoms with Gasteiger partial charge < -0.3 is 9.31 Å². The van der Waals surface area contributed by atoms with Crippen LogP contribution < -0.4 is 5.46 Å². The van der Waals surface area contributed by atoms with Gasteiger partial charge in [-0.05, 0) is 74.1 Å². The number of benzene rings is 4. The molecule has 6 aromatic rings. The quantitative estimate of drug-likeness (QED) is 0.172. The maximum Gasteiger partial charge on any atom is 0.494 e. The van der Waals surface area contributed by atoms with Gasteiger partial charge in [0.05, 0.1) is 22.6 Å². The van der Waals surface area contributed by atoms with E-state index in [1.54, 1.807) is 0 Å². The Balaban J connectivity index is 0.000000172. The molecule has 0 unspecified atom stereocenters. The van der Waals surface area contributed by atoms with Crippen LogP contribution in [0.5, 0.6) is 0 Å². The van der Waals surface area contributed by atoms with Crippen molar-refractivity contribution in [1.82, 2.24) is 9.97 Å². The van der Waals surface area contributed by atoms with Crippen LogP contribution in [0.15, 0.2) is 150 Å². The van der Waals surface area contributed by atoms with Gasteiger partial charge in [-0.2, -0.15) is 0 Å². The van der Waals surface area contributed by atoms with E-state index in [0.717, 1.165) is 43.6 Å². The number of hydrogen-bond donors (Lipinski definition) is 0. The second-order valence-electron chi connectivity index (χ2n) is 12.3. The zero-order valence-corrected chi connectivity index (χ0v) is 28.1. The van der Waals surface area contributed by atoms with Crippen LogP contribution in [0.1, 0.15) is 27.7 Å². The van der Waals surface area contributed by atoms with Gasteiger partial charge in [-0.15, -0.1) is 0 Å². The molecular formula is C40H36BBrN2O2. The van der Waals surface area contributed by atoms with Crippen molar-refractivity contribution in [1.29, 1.82) is 0 Å². The average Bonchev–Trinajstić information content (AvgIpc) is 3.32. The fraction of sp³-hybridized carbons (Fsp3) is 0.150. The lowest BCUT2D eigenvalue weighted by atomic mass is 9.78. The number of nitrogens with zero attached hydrogens (tertiary/aromatic N) is 2. The van der Waals surface area contributed by atoms with Crippen LogP contribution in [0, 0.1) is 0 Å². The molecule has 1 aliphatic heterocycles. The Kier molecular flexibility index (Phi) is 9.32. The van der Waals surface area contributed by atoms with Gasteiger partial charge in [-0.25, -0.2) is 0 Å². The van der Waals surface area contributed by atoms with E-state index in [1.165, 1.54) is 11.1 Å². The van der Waals surface area contributed by atoms with Crippen LogP contribution in [-0.4, -0.2) is 28.3 Å². The van der Waals surface area contributed by atoms with Crippen molar-refractivity contribution in [3.63, 3.8) is 0 Å². The Bertz CT molecular complexity index is 1880. The molecule has 0 saturated carbocycles. The largest absolute Gasteiger partial charge is 0.494 e. The van der Waals surface area contributed by atoms with Gasteiger partial charge in [0.15, 0.2) is 0 Å². The maximum atomic E-state index is 6.18. The first-order chi connectivity index (χ1) is 22.2. The zero-order chi connectivity index (χ0) is 32.1. The summed E-state index contributed by atoms with van der Waals surface area (Å²) in [7, 11) is -0.362. The predicted octanol–water partition coefficient (Wildman–Crippen LogP) is 9.89. The fourth-order valence-electron chi connectivity index (χ4n) is 5.20. The van der Waals surface area contributed by atoms with Crippen LogP contribution in [-0.2, 0) is 9.31 Å². The summed E-state index contributed by atoms with van der Waals surface area (Å²) in [4.78, 5) is 9.21. The van der Waals surface area contributed by atoms with Crippen molar-refractivity contribution < 1.29 is 9.31 Å².